The highest BCUT2D eigenvalue weighted by molar-refractivity contribution is 5.96. The van der Waals surface area contributed by atoms with E-state index in [-0.39, 0.29) is 5.91 Å². The number of rotatable bonds is 6. The highest BCUT2D eigenvalue weighted by Crippen LogP contribution is 2.16. The van der Waals surface area contributed by atoms with Crippen LogP contribution < -0.4 is 10.6 Å². The van der Waals surface area contributed by atoms with Gasteiger partial charge in [0, 0.05) is 24.3 Å². The number of benzene rings is 2. The van der Waals surface area contributed by atoms with Crippen molar-refractivity contribution in [3.8, 4) is 0 Å². The van der Waals surface area contributed by atoms with Gasteiger partial charge in [-0.1, -0.05) is 18.2 Å². The maximum Gasteiger partial charge on any atom is 0.339 e. The minimum Gasteiger partial charge on any atom is -0.465 e. The average Bonchev–Trinajstić information content (AvgIpc) is 2.58. The van der Waals surface area contributed by atoms with E-state index in [0.29, 0.717) is 24.2 Å². The summed E-state index contributed by atoms with van der Waals surface area (Å²) in [5.41, 5.74) is 4.22. The minimum absolute atomic E-state index is 0.0821. The fourth-order valence-electron chi connectivity index (χ4n) is 2.28. The van der Waals surface area contributed by atoms with Crippen LogP contribution in [-0.4, -0.2) is 25.5 Å². The molecule has 2 rings (SSSR count). The van der Waals surface area contributed by atoms with E-state index in [1.807, 2.05) is 38.1 Å². The summed E-state index contributed by atoms with van der Waals surface area (Å²) in [5.74, 6) is -0.487. The van der Waals surface area contributed by atoms with Crippen molar-refractivity contribution in [1.29, 1.82) is 0 Å². The van der Waals surface area contributed by atoms with E-state index in [1.165, 1.54) is 12.7 Å². The lowest BCUT2D eigenvalue weighted by molar-refractivity contribution is -0.115. The number of ether oxygens (including phenoxy) is 1. The topological polar surface area (TPSA) is 67.4 Å². The van der Waals surface area contributed by atoms with Crippen molar-refractivity contribution in [2.45, 2.75) is 20.3 Å². The molecule has 0 fully saturated rings. The molecule has 0 aliphatic rings. The molecule has 0 bridgehead atoms. The van der Waals surface area contributed by atoms with Gasteiger partial charge in [-0.05, 0) is 49.2 Å². The Balaban J connectivity index is 1.89. The van der Waals surface area contributed by atoms with E-state index in [1.54, 1.807) is 18.2 Å². The molecule has 0 unspecified atom stereocenters. The Bertz CT molecular complexity index is 741. The van der Waals surface area contributed by atoms with Gasteiger partial charge in [0.15, 0.2) is 0 Å². The Labute approximate surface area is 142 Å². The summed E-state index contributed by atoms with van der Waals surface area (Å²) in [5, 5.41) is 5.98. The third kappa shape index (κ3) is 4.59. The zero-order chi connectivity index (χ0) is 17.5. The zero-order valence-corrected chi connectivity index (χ0v) is 14.2. The molecule has 5 heteroatoms. The molecule has 0 spiro atoms. The summed E-state index contributed by atoms with van der Waals surface area (Å²) in [6, 6.07) is 12.9. The van der Waals surface area contributed by atoms with Crippen molar-refractivity contribution < 1.29 is 14.3 Å². The molecule has 0 aliphatic carbocycles. The number of anilines is 2. The number of nitrogens with one attached hydrogen (secondary N) is 2. The van der Waals surface area contributed by atoms with Crippen LogP contribution in [0.2, 0.25) is 0 Å². The maximum atomic E-state index is 12.0. The van der Waals surface area contributed by atoms with Crippen LogP contribution >= 0.6 is 0 Å². The Morgan fingerprint density at radius 3 is 2.50 bits per heavy atom. The van der Waals surface area contributed by atoms with Crippen LogP contribution in [0.3, 0.4) is 0 Å². The normalized spacial score (nSPS) is 10.1. The molecule has 126 valence electrons. The summed E-state index contributed by atoms with van der Waals surface area (Å²) in [7, 11) is 1.34. The van der Waals surface area contributed by atoms with Gasteiger partial charge in [-0.2, -0.15) is 0 Å². The Morgan fingerprint density at radius 2 is 1.79 bits per heavy atom. The fraction of sp³-hybridized carbons (Fsp3) is 0.263. The van der Waals surface area contributed by atoms with Gasteiger partial charge in [0.05, 0.1) is 12.7 Å². The van der Waals surface area contributed by atoms with Gasteiger partial charge in [-0.25, -0.2) is 4.79 Å². The number of amides is 1. The third-order valence-corrected chi connectivity index (χ3v) is 3.79. The highest BCUT2D eigenvalue weighted by atomic mass is 16.5. The van der Waals surface area contributed by atoms with Crippen molar-refractivity contribution in [2.24, 2.45) is 0 Å². The molecule has 5 nitrogen and oxygen atoms in total. The van der Waals surface area contributed by atoms with Crippen LogP contribution in [0, 0.1) is 13.8 Å². The number of hydrogen-bond acceptors (Lipinski definition) is 4. The molecule has 0 saturated carbocycles. The van der Waals surface area contributed by atoms with Crippen LogP contribution in [-0.2, 0) is 9.53 Å². The predicted octanol–water partition coefficient (Wildman–Crippen LogP) is 3.53. The van der Waals surface area contributed by atoms with Gasteiger partial charge >= 0.3 is 5.97 Å². The summed E-state index contributed by atoms with van der Waals surface area (Å²) in [6.45, 7) is 4.46. The molecular formula is C19H22N2O3. The molecule has 2 aromatic rings. The van der Waals surface area contributed by atoms with Gasteiger partial charge in [-0.3, -0.25) is 4.79 Å². The molecule has 0 saturated heterocycles. The monoisotopic (exact) mass is 326 g/mol. The van der Waals surface area contributed by atoms with Crippen LogP contribution in [0.4, 0.5) is 11.4 Å². The first kappa shape index (κ1) is 17.5. The highest BCUT2D eigenvalue weighted by Gasteiger charge is 2.11. The van der Waals surface area contributed by atoms with E-state index in [0.717, 1.165) is 11.3 Å². The number of hydrogen-bond donors (Lipinski definition) is 2. The summed E-state index contributed by atoms with van der Waals surface area (Å²) in [6.07, 6.45) is 0.294. The predicted molar refractivity (Wildman–Crippen MR) is 95.4 cm³/mol. The van der Waals surface area contributed by atoms with Crippen molar-refractivity contribution in [1.82, 2.24) is 0 Å². The van der Waals surface area contributed by atoms with E-state index in [4.69, 9.17) is 4.74 Å². The minimum atomic E-state index is -0.405. The Hall–Kier alpha value is -2.82. The molecule has 2 N–H and O–H groups in total. The van der Waals surface area contributed by atoms with Gasteiger partial charge in [0.2, 0.25) is 5.91 Å². The van der Waals surface area contributed by atoms with Crippen LogP contribution in [0.15, 0.2) is 42.5 Å². The number of para-hydroxylation sites is 1. The van der Waals surface area contributed by atoms with Gasteiger partial charge in [0.25, 0.3) is 0 Å². The van der Waals surface area contributed by atoms with Gasteiger partial charge in [-0.15, -0.1) is 0 Å². The van der Waals surface area contributed by atoms with Crippen molar-refractivity contribution in [3.05, 3.63) is 59.2 Å². The number of esters is 1. The average molecular weight is 326 g/mol. The first-order valence-electron chi connectivity index (χ1n) is 7.79. The number of aryl methyl sites for hydroxylation is 2. The number of methoxy groups -OCH3 is 1. The van der Waals surface area contributed by atoms with Gasteiger partial charge < -0.3 is 15.4 Å². The van der Waals surface area contributed by atoms with E-state index in [2.05, 4.69) is 10.6 Å². The molecule has 0 radical (unpaired) electrons. The van der Waals surface area contributed by atoms with E-state index < -0.39 is 5.97 Å². The lowest BCUT2D eigenvalue weighted by Gasteiger charge is -2.11. The summed E-state index contributed by atoms with van der Waals surface area (Å²) >= 11 is 0. The standard InChI is InChI=1S/C19H22N2O3/c1-13-8-9-15(12-14(13)2)21-18(22)10-11-20-17-7-5-4-6-16(17)19(23)24-3/h4-9,12,20H,10-11H2,1-3H3,(H,21,22). The maximum absolute atomic E-state index is 12.0. The number of carbonyl (C=O) groups excluding carboxylic acids is 2. The van der Waals surface area contributed by atoms with E-state index in [9.17, 15) is 9.59 Å². The van der Waals surface area contributed by atoms with Crippen LogP contribution in [0.25, 0.3) is 0 Å². The molecule has 24 heavy (non-hydrogen) atoms. The van der Waals surface area contributed by atoms with E-state index >= 15 is 0 Å². The SMILES string of the molecule is COC(=O)c1ccccc1NCCC(=O)Nc1ccc(C)c(C)c1. The largest absolute Gasteiger partial charge is 0.465 e. The second kappa shape index (κ2) is 8.15. The third-order valence-electron chi connectivity index (χ3n) is 3.79. The van der Waals surface area contributed by atoms with Crippen molar-refractivity contribution >= 4 is 23.3 Å². The lowest BCUT2D eigenvalue weighted by atomic mass is 10.1. The smallest absolute Gasteiger partial charge is 0.339 e. The summed E-state index contributed by atoms with van der Waals surface area (Å²) < 4.78 is 4.75. The van der Waals surface area contributed by atoms with Crippen LogP contribution in [0.5, 0.6) is 0 Å². The Kier molecular flexibility index (Phi) is 5.95. The van der Waals surface area contributed by atoms with Crippen LogP contribution in [0.1, 0.15) is 27.9 Å². The first-order valence-corrected chi connectivity index (χ1v) is 7.79. The van der Waals surface area contributed by atoms with Crippen molar-refractivity contribution in [3.63, 3.8) is 0 Å². The summed E-state index contributed by atoms with van der Waals surface area (Å²) in [4.78, 5) is 23.7. The quantitative estimate of drug-likeness (QED) is 0.797. The molecule has 0 atom stereocenters. The molecule has 0 aliphatic heterocycles. The molecular weight excluding hydrogens is 304 g/mol. The number of carbonyl (C=O) groups is 2. The Morgan fingerprint density at radius 1 is 1.04 bits per heavy atom. The molecule has 2 aromatic carbocycles. The second-order valence-corrected chi connectivity index (χ2v) is 5.56. The zero-order valence-electron chi connectivity index (χ0n) is 14.2. The first-order chi connectivity index (χ1) is 11.5. The molecule has 1 amide bonds. The molecule has 0 heterocycles. The van der Waals surface area contributed by atoms with Gasteiger partial charge in [0.1, 0.15) is 0 Å². The second-order valence-electron chi connectivity index (χ2n) is 5.56. The lowest BCUT2D eigenvalue weighted by Crippen LogP contribution is -2.17. The fourth-order valence-corrected chi connectivity index (χ4v) is 2.28. The van der Waals surface area contributed by atoms with Crippen molar-refractivity contribution in [2.75, 3.05) is 24.3 Å². The molecule has 0 aromatic heterocycles.